The zero-order valence-electron chi connectivity index (χ0n) is 14.9. The number of hydrogen-bond acceptors (Lipinski definition) is 3. The van der Waals surface area contributed by atoms with E-state index in [0.717, 1.165) is 11.3 Å². The summed E-state index contributed by atoms with van der Waals surface area (Å²) in [7, 11) is 1.59. The van der Waals surface area contributed by atoms with Crippen LogP contribution in [0.4, 0.5) is 4.39 Å². The third-order valence-corrected chi connectivity index (χ3v) is 4.76. The van der Waals surface area contributed by atoms with Crippen LogP contribution in [0.2, 0.25) is 0 Å². The van der Waals surface area contributed by atoms with E-state index in [1.165, 1.54) is 12.1 Å². The summed E-state index contributed by atoms with van der Waals surface area (Å²) in [5.41, 5.74) is 6.88. The Morgan fingerprint density at radius 3 is 2.20 bits per heavy atom. The molecular weight excluding hydrogens is 319 g/mol. The Morgan fingerprint density at radius 1 is 1.12 bits per heavy atom. The molecule has 0 unspecified atom stereocenters. The molecule has 2 rings (SSSR count). The normalized spacial score (nSPS) is 11.2. The Balaban J connectivity index is 2.25. The molecule has 0 bridgehead atoms. The van der Waals surface area contributed by atoms with Gasteiger partial charge in [-0.25, -0.2) is 4.39 Å². The Kier molecular flexibility index (Phi) is 6.15. The summed E-state index contributed by atoms with van der Waals surface area (Å²) in [6, 6.07) is 11.9. The van der Waals surface area contributed by atoms with Gasteiger partial charge in [-0.05, 0) is 48.2 Å². The second-order valence-electron chi connectivity index (χ2n) is 6.07. The molecule has 0 fully saturated rings. The van der Waals surface area contributed by atoms with Gasteiger partial charge in [0, 0.05) is 6.54 Å². The number of carbonyl (C=O) groups excluding carboxylic acids is 1. The van der Waals surface area contributed by atoms with E-state index in [1.54, 1.807) is 13.2 Å². The third-order valence-electron chi connectivity index (χ3n) is 4.76. The van der Waals surface area contributed by atoms with Crippen LogP contribution in [0.5, 0.6) is 5.75 Å². The third kappa shape index (κ3) is 4.17. The molecule has 0 aliphatic carbocycles. The van der Waals surface area contributed by atoms with Gasteiger partial charge in [-0.1, -0.05) is 32.0 Å². The minimum atomic E-state index is -0.552. The maximum Gasteiger partial charge on any atom is 0.254 e. The molecular formula is C20H25FN2O2. The molecule has 3 N–H and O–H groups in total. The fourth-order valence-electron chi connectivity index (χ4n) is 2.74. The van der Waals surface area contributed by atoms with Crippen molar-refractivity contribution in [2.24, 2.45) is 5.73 Å². The average molecular weight is 344 g/mol. The van der Waals surface area contributed by atoms with E-state index < -0.39 is 17.3 Å². The van der Waals surface area contributed by atoms with Gasteiger partial charge in [0.1, 0.15) is 11.6 Å². The van der Waals surface area contributed by atoms with Crippen LogP contribution in [0.25, 0.3) is 11.1 Å². The number of nitrogens with two attached hydrogens (primary N) is 1. The largest absolute Gasteiger partial charge is 0.497 e. The van der Waals surface area contributed by atoms with Crippen molar-refractivity contribution in [1.29, 1.82) is 0 Å². The van der Waals surface area contributed by atoms with Crippen LogP contribution in [-0.2, 0) is 0 Å². The average Bonchev–Trinajstić information content (AvgIpc) is 2.66. The van der Waals surface area contributed by atoms with Gasteiger partial charge in [-0.15, -0.1) is 0 Å². The van der Waals surface area contributed by atoms with Crippen LogP contribution >= 0.6 is 0 Å². The molecule has 0 aliphatic heterocycles. The quantitative estimate of drug-likeness (QED) is 0.804. The van der Waals surface area contributed by atoms with Gasteiger partial charge >= 0.3 is 0 Å². The lowest BCUT2D eigenvalue weighted by molar-refractivity contribution is 0.0891. The van der Waals surface area contributed by atoms with Crippen molar-refractivity contribution >= 4 is 5.91 Å². The summed E-state index contributed by atoms with van der Waals surface area (Å²) in [5, 5.41) is 2.89. The smallest absolute Gasteiger partial charge is 0.254 e. The molecule has 5 heteroatoms. The fourth-order valence-corrected chi connectivity index (χ4v) is 2.74. The highest BCUT2D eigenvalue weighted by Crippen LogP contribution is 2.25. The van der Waals surface area contributed by atoms with Crippen molar-refractivity contribution in [3.05, 3.63) is 53.8 Å². The van der Waals surface area contributed by atoms with Crippen LogP contribution in [0.1, 0.15) is 37.0 Å². The number of rotatable bonds is 7. The minimum Gasteiger partial charge on any atom is -0.497 e. The zero-order valence-corrected chi connectivity index (χ0v) is 14.9. The molecule has 0 saturated carbocycles. The van der Waals surface area contributed by atoms with Crippen molar-refractivity contribution in [1.82, 2.24) is 5.32 Å². The van der Waals surface area contributed by atoms with Crippen molar-refractivity contribution in [3.63, 3.8) is 0 Å². The van der Waals surface area contributed by atoms with Crippen LogP contribution in [0.15, 0.2) is 42.5 Å². The van der Waals surface area contributed by atoms with E-state index in [9.17, 15) is 9.18 Å². The van der Waals surface area contributed by atoms with Gasteiger partial charge in [0.25, 0.3) is 5.91 Å². The Labute approximate surface area is 148 Å². The van der Waals surface area contributed by atoms with E-state index in [4.69, 9.17) is 10.5 Å². The van der Waals surface area contributed by atoms with Crippen molar-refractivity contribution in [3.8, 4) is 16.9 Å². The summed E-state index contributed by atoms with van der Waals surface area (Å²) >= 11 is 0. The Bertz CT molecular complexity index is 717. The number of ether oxygens (including phenoxy) is 1. The molecule has 0 aliphatic rings. The Morgan fingerprint density at radius 2 is 1.72 bits per heavy atom. The number of amides is 1. The number of methoxy groups -OCH3 is 1. The van der Waals surface area contributed by atoms with Crippen LogP contribution in [-0.4, -0.2) is 25.1 Å². The summed E-state index contributed by atoms with van der Waals surface area (Å²) < 4.78 is 19.6. The molecule has 0 spiro atoms. The summed E-state index contributed by atoms with van der Waals surface area (Å²) in [6.07, 6.45) is 1.38. The molecule has 0 saturated heterocycles. The van der Waals surface area contributed by atoms with Gasteiger partial charge in [-0.3, -0.25) is 4.79 Å². The minimum absolute atomic E-state index is 0.0250. The SMILES string of the molecule is CCC(CC)(CN)NC(=O)c1ccc(-c2ccc(OC)cc2)cc1F. The van der Waals surface area contributed by atoms with E-state index >= 15 is 0 Å². The fraction of sp³-hybridized carbons (Fsp3) is 0.350. The van der Waals surface area contributed by atoms with Crippen LogP contribution in [0.3, 0.4) is 0 Å². The first-order valence-electron chi connectivity index (χ1n) is 8.45. The van der Waals surface area contributed by atoms with E-state index in [1.807, 2.05) is 38.1 Å². The Hall–Kier alpha value is -2.40. The molecule has 0 radical (unpaired) electrons. The predicted molar refractivity (Wildman–Crippen MR) is 98.2 cm³/mol. The molecule has 4 nitrogen and oxygen atoms in total. The van der Waals surface area contributed by atoms with Gasteiger partial charge in [-0.2, -0.15) is 0 Å². The standard InChI is InChI=1S/C20H25FN2O2/c1-4-20(5-2,13-22)23-19(24)17-11-8-15(12-18(17)21)14-6-9-16(25-3)10-7-14/h6-12H,4-5,13,22H2,1-3H3,(H,23,24). The lowest BCUT2D eigenvalue weighted by Crippen LogP contribution is -2.53. The molecule has 1 amide bonds. The second-order valence-corrected chi connectivity index (χ2v) is 6.07. The monoisotopic (exact) mass is 344 g/mol. The number of carbonyl (C=O) groups is 1. The van der Waals surface area contributed by atoms with E-state index in [-0.39, 0.29) is 5.56 Å². The zero-order chi connectivity index (χ0) is 18.4. The summed E-state index contributed by atoms with van der Waals surface area (Å²) in [5.74, 6) is -0.255. The second kappa shape index (κ2) is 8.12. The highest BCUT2D eigenvalue weighted by atomic mass is 19.1. The van der Waals surface area contributed by atoms with Crippen molar-refractivity contribution < 1.29 is 13.9 Å². The molecule has 0 atom stereocenters. The maximum atomic E-state index is 14.5. The molecule has 2 aromatic rings. The van der Waals surface area contributed by atoms with Gasteiger partial charge in [0.05, 0.1) is 18.2 Å². The molecule has 0 aromatic heterocycles. The highest BCUT2D eigenvalue weighted by Gasteiger charge is 2.27. The van der Waals surface area contributed by atoms with Gasteiger partial charge < -0.3 is 15.8 Å². The van der Waals surface area contributed by atoms with Gasteiger partial charge in [0.2, 0.25) is 0 Å². The van der Waals surface area contributed by atoms with E-state index in [0.29, 0.717) is 24.9 Å². The predicted octanol–water partition coefficient (Wildman–Crippen LogP) is 3.75. The first-order chi connectivity index (χ1) is 12.0. The van der Waals surface area contributed by atoms with Crippen molar-refractivity contribution in [2.75, 3.05) is 13.7 Å². The van der Waals surface area contributed by atoms with Crippen LogP contribution in [0, 0.1) is 5.82 Å². The molecule has 134 valence electrons. The summed E-state index contributed by atoms with van der Waals surface area (Å²) in [6.45, 7) is 4.23. The maximum absolute atomic E-state index is 14.5. The molecule has 0 heterocycles. The number of benzene rings is 2. The molecule has 2 aromatic carbocycles. The first kappa shape index (κ1) is 18.9. The first-order valence-corrected chi connectivity index (χ1v) is 8.45. The van der Waals surface area contributed by atoms with Crippen molar-refractivity contribution in [2.45, 2.75) is 32.2 Å². The lowest BCUT2D eigenvalue weighted by atomic mass is 9.92. The number of nitrogens with one attached hydrogen (secondary N) is 1. The molecule has 25 heavy (non-hydrogen) atoms. The highest BCUT2D eigenvalue weighted by molar-refractivity contribution is 5.95. The lowest BCUT2D eigenvalue weighted by Gasteiger charge is -2.31. The summed E-state index contributed by atoms with van der Waals surface area (Å²) in [4.78, 5) is 12.5. The topological polar surface area (TPSA) is 64.3 Å². The van der Waals surface area contributed by atoms with Crippen LogP contribution < -0.4 is 15.8 Å². The van der Waals surface area contributed by atoms with Gasteiger partial charge in [0.15, 0.2) is 0 Å². The number of halogens is 1. The van der Waals surface area contributed by atoms with E-state index in [2.05, 4.69) is 5.32 Å². The number of hydrogen-bond donors (Lipinski definition) is 2.